The predicted molar refractivity (Wildman–Crippen MR) is 102 cm³/mol. The van der Waals surface area contributed by atoms with Crippen LogP contribution in [0, 0.1) is 0 Å². The van der Waals surface area contributed by atoms with Crippen molar-refractivity contribution < 1.29 is 4.79 Å². The van der Waals surface area contributed by atoms with Gasteiger partial charge in [-0.1, -0.05) is 87.4 Å². The second-order valence-electron chi connectivity index (χ2n) is 6.27. The summed E-state index contributed by atoms with van der Waals surface area (Å²) in [5.74, 6) is 0.261. The molecule has 0 amide bonds. The Bertz CT molecular complexity index is 712. The van der Waals surface area contributed by atoms with Gasteiger partial charge in [-0.2, -0.15) is 0 Å². The van der Waals surface area contributed by atoms with Crippen LogP contribution in [0.25, 0.3) is 11.1 Å². The Labute approximate surface area is 144 Å². The number of allylic oxidation sites excluding steroid dienone is 4. The van der Waals surface area contributed by atoms with Crippen LogP contribution < -0.4 is 0 Å². The molecule has 0 fully saturated rings. The molecule has 0 N–H and O–H groups in total. The molecule has 1 heteroatoms. The van der Waals surface area contributed by atoms with Crippen molar-refractivity contribution in [1.82, 2.24) is 0 Å². The van der Waals surface area contributed by atoms with E-state index in [1.54, 1.807) is 0 Å². The number of benzene rings is 2. The van der Waals surface area contributed by atoms with Gasteiger partial charge in [-0.25, -0.2) is 0 Å². The van der Waals surface area contributed by atoms with Crippen molar-refractivity contribution in [1.29, 1.82) is 0 Å². The van der Waals surface area contributed by atoms with E-state index < -0.39 is 0 Å². The number of hydrogen-bond donors (Lipinski definition) is 0. The summed E-state index contributed by atoms with van der Waals surface area (Å²) in [7, 11) is 0. The van der Waals surface area contributed by atoms with Crippen LogP contribution in [0.2, 0.25) is 0 Å². The molecule has 1 aliphatic carbocycles. The minimum atomic E-state index is 0.261. The first-order valence-electron chi connectivity index (χ1n) is 8.90. The largest absolute Gasteiger partial charge is 0.289 e. The number of ketones is 1. The van der Waals surface area contributed by atoms with E-state index in [-0.39, 0.29) is 5.78 Å². The lowest BCUT2D eigenvalue weighted by atomic mass is 9.90. The third kappa shape index (κ3) is 2.99. The molecule has 0 unspecified atom stereocenters. The van der Waals surface area contributed by atoms with Gasteiger partial charge < -0.3 is 0 Å². The van der Waals surface area contributed by atoms with Gasteiger partial charge in [0.25, 0.3) is 0 Å². The van der Waals surface area contributed by atoms with Crippen LogP contribution in [0.3, 0.4) is 0 Å². The van der Waals surface area contributed by atoms with Crippen molar-refractivity contribution in [2.24, 2.45) is 0 Å². The van der Waals surface area contributed by atoms with Crippen molar-refractivity contribution in [3.05, 3.63) is 82.9 Å². The van der Waals surface area contributed by atoms with Crippen LogP contribution in [0.5, 0.6) is 0 Å². The number of carbonyl (C=O) groups excluding carboxylic acids is 1. The minimum absolute atomic E-state index is 0.261. The number of rotatable bonds is 6. The Hall–Kier alpha value is -2.41. The van der Waals surface area contributed by atoms with E-state index in [1.165, 1.54) is 0 Å². The first kappa shape index (κ1) is 16.4. The average molecular weight is 316 g/mol. The fourth-order valence-electron chi connectivity index (χ4n) is 3.53. The standard InChI is InChI=1S/C23H24O/c1-3-11-19-21(17-13-7-5-8-14-17)22(18-15-9-6-10-16-18)20(12-4-2)23(19)24/h5-10,13-16H,3-4,11-12H2,1-2H3. The minimum Gasteiger partial charge on any atom is -0.289 e. The van der Waals surface area contributed by atoms with E-state index in [4.69, 9.17) is 0 Å². The van der Waals surface area contributed by atoms with Gasteiger partial charge in [-0.15, -0.1) is 0 Å². The molecule has 24 heavy (non-hydrogen) atoms. The molecular weight excluding hydrogens is 292 g/mol. The van der Waals surface area contributed by atoms with Crippen LogP contribution in [0.15, 0.2) is 71.8 Å². The molecule has 2 aromatic rings. The highest BCUT2D eigenvalue weighted by Crippen LogP contribution is 2.45. The van der Waals surface area contributed by atoms with Crippen molar-refractivity contribution >= 4 is 16.9 Å². The Morgan fingerprint density at radius 1 is 0.625 bits per heavy atom. The summed E-state index contributed by atoms with van der Waals surface area (Å²) < 4.78 is 0. The lowest BCUT2D eigenvalue weighted by molar-refractivity contribution is -0.112. The molecule has 0 heterocycles. The van der Waals surface area contributed by atoms with Crippen LogP contribution in [-0.4, -0.2) is 5.78 Å². The van der Waals surface area contributed by atoms with E-state index in [0.29, 0.717) is 0 Å². The highest BCUT2D eigenvalue weighted by atomic mass is 16.1. The van der Waals surface area contributed by atoms with Crippen LogP contribution >= 0.6 is 0 Å². The molecular formula is C23H24O. The van der Waals surface area contributed by atoms with Gasteiger partial charge in [0.2, 0.25) is 0 Å². The summed E-state index contributed by atoms with van der Waals surface area (Å²) in [4.78, 5) is 13.1. The molecule has 122 valence electrons. The lowest BCUT2D eigenvalue weighted by Crippen LogP contribution is -2.02. The summed E-state index contributed by atoms with van der Waals surface area (Å²) in [6.07, 6.45) is 3.65. The fourth-order valence-corrected chi connectivity index (χ4v) is 3.53. The Morgan fingerprint density at radius 3 is 1.33 bits per heavy atom. The molecule has 1 aliphatic rings. The first-order valence-corrected chi connectivity index (χ1v) is 8.90. The molecule has 2 aromatic carbocycles. The number of Topliss-reactive ketones (excluding diaryl/α,β-unsaturated/α-hetero) is 1. The molecule has 0 saturated heterocycles. The van der Waals surface area contributed by atoms with Crippen LogP contribution in [0.4, 0.5) is 0 Å². The first-order chi connectivity index (χ1) is 11.8. The van der Waals surface area contributed by atoms with E-state index in [2.05, 4.69) is 62.4 Å². The van der Waals surface area contributed by atoms with Crippen molar-refractivity contribution in [3.63, 3.8) is 0 Å². The summed E-state index contributed by atoms with van der Waals surface area (Å²) >= 11 is 0. The lowest BCUT2D eigenvalue weighted by Gasteiger charge is -2.13. The normalized spacial score (nSPS) is 14.7. The van der Waals surface area contributed by atoms with Gasteiger partial charge in [0.15, 0.2) is 5.78 Å². The van der Waals surface area contributed by atoms with Gasteiger partial charge in [-0.3, -0.25) is 4.79 Å². The zero-order valence-corrected chi connectivity index (χ0v) is 14.5. The molecule has 0 bridgehead atoms. The third-order valence-corrected chi connectivity index (χ3v) is 4.53. The zero-order chi connectivity index (χ0) is 16.9. The molecule has 0 aromatic heterocycles. The highest BCUT2D eigenvalue weighted by Gasteiger charge is 2.32. The Kier molecular flexibility index (Phi) is 5.10. The fraction of sp³-hybridized carbons (Fsp3) is 0.261. The molecule has 1 nitrogen and oxygen atoms in total. The summed E-state index contributed by atoms with van der Waals surface area (Å²) in [5, 5.41) is 0. The molecule has 0 aliphatic heterocycles. The van der Waals surface area contributed by atoms with Gasteiger partial charge in [0, 0.05) is 11.1 Å². The smallest absolute Gasteiger partial charge is 0.186 e. The van der Waals surface area contributed by atoms with Gasteiger partial charge in [0.1, 0.15) is 0 Å². The number of carbonyl (C=O) groups is 1. The molecule has 0 saturated carbocycles. The second kappa shape index (κ2) is 7.44. The van der Waals surface area contributed by atoms with E-state index in [0.717, 1.165) is 59.1 Å². The van der Waals surface area contributed by atoms with Crippen LogP contribution in [0.1, 0.15) is 50.7 Å². The highest BCUT2D eigenvalue weighted by molar-refractivity contribution is 6.32. The van der Waals surface area contributed by atoms with Crippen molar-refractivity contribution in [2.75, 3.05) is 0 Å². The maximum Gasteiger partial charge on any atom is 0.186 e. The Balaban J connectivity index is 2.25. The Morgan fingerprint density at radius 2 is 1.00 bits per heavy atom. The van der Waals surface area contributed by atoms with Crippen LogP contribution in [-0.2, 0) is 4.79 Å². The molecule has 3 rings (SSSR count). The van der Waals surface area contributed by atoms with E-state index in [9.17, 15) is 4.79 Å². The molecule has 0 radical (unpaired) electrons. The van der Waals surface area contributed by atoms with Gasteiger partial charge in [0.05, 0.1) is 0 Å². The summed E-state index contributed by atoms with van der Waals surface area (Å²) in [5.41, 5.74) is 6.59. The topological polar surface area (TPSA) is 17.1 Å². The molecule has 0 atom stereocenters. The predicted octanol–water partition coefficient (Wildman–Crippen LogP) is 6.08. The maximum absolute atomic E-state index is 13.1. The zero-order valence-electron chi connectivity index (χ0n) is 14.5. The second-order valence-corrected chi connectivity index (χ2v) is 6.27. The van der Waals surface area contributed by atoms with Crippen molar-refractivity contribution in [3.8, 4) is 0 Å². The maximum atomic E-state index is 13.1. The SMILES string of the molecule is CCCC1=C(c2ccccc2)C(c2ccccc2)=C(CCC)C1=O. The average Bonchev–Trinajstić information content (AvgIpc) is 2.90. The van der Waals surface area contributed by atoms with Gasteiger partial charge >= 0.3 is 0 Å². The van der Waals surface area contributed by atoms with E-state index >= 15 is 0 Å². The quantitative estimate of drug-likeness (QED) is 0.631. The summed E-state index contributed by atoms with van der Waals surface area (Å²) in [6, 6.07) is 20.7. The third-order valence-electron chi connectivity index (χ3n) is 4.53. The van der Waals surface area contributed by atoms with Gasteiger partial charge in [-0.05, 0) is 35.1 Å². The monoisotopic (exact) mass is 316 g/mol. The number of hydrogen-bond acceptors (Lipinski definition) is 1. The summed E-state index contributed by atoms with van der Waals surface area (Å²) in [6.45, 7) is 4.28. The van der Waals surface area contributed by atoms with E-state index in [1.807, 2.05) is 12.1 Å². The molecule has 0 spiro atoms. The van der Waals surface area contributed by atoms with Crippen molar-refractivity contribution in [2.45, 2.75) is 39.5 Å².